The number of halogens is 3. The first-order chi connectivity index (χ1) is 9.96. The largest absolute Gasteiger partial charge is 0.391 e. The minimum absolute atomic E-state index is 0.681. The molecule has 21 heavy (non-hydrogen) atoms. The van der Waals surface area contributed by atoms with Gasteiger partial charge in [-0.1, -0.05) is 18.2 Å². The minimum Gasteiger partial charge on any atom is -0.384 e. The maximum Gasteiger partial charge on any atom is 0.391 e. The molecule has 0 radical (unpaired) electrons. The third kappa shape index (κ3) is 2.75. The number of para-hydroxylation sites is 1. The Morgan fingerprint density at radius 3 is 2.95 bits per heavy atom. The van der Waals surface area contributed by atoms with Crippen LogP contribution in [0.4, 0.5) is 18.9 Å². The highest BCUT2D eigenvalue weighted by Gasteiger charge is 2.31. The number of fused-ring (bicyclic) bond motifs is 1. The smallest absolute Gasteiger partial charge is 0.384 e. The Morgan fingerprint density at radius 2 is 2.19 bits per heavy atom. The van der Waals surface area contributed by atoms with Gasteiger partial charge in [-0.3, -0.25) is 0 Å². The zero-order valence-corrected chi connectivity index (χ0v) is 11.6. The van der Waals surface area contributed by atoms with Crippen LogP contribution in [0, 0.1) is 0 Å². The quantitative estimate of drug-likeness (QED) is 0.926. The number of anilines is 1. The van der Waals surface area contributed by atoms with Crippen molar-refractivity contribution in [2.24, 2.45) is 0 Å². The molecule has 2 aromatic rings. The van der Waals surface area contributed by atoms with Crippen LogP contribution in [0.5, 0.6) is 0 Å². The fourth-order valence-electron chi connectivity index (χ4n) is 2.85. The highest BCUT2D eigenvalue weighted by atomic mass is 19.4. The van der Waals surface area contributed by atoms with E-state index in [0.29, 0.717) is 0 Å². The highest BCUT2D eigenvalue weighted by molar-refractivity contribution is 5.79. The molecule has 1 unspecified atom stereocenters. The van der Waals surface area contributed by atoms with Crippen molar-refractivity contribution in [3.63, 3.8) is 0 Å². The molecule has 1 atom stereocenters. The Balaban J connectivity index is 1.98. The van der Waals surface area contributed by atoms with Gasteiger partial charge in [-0.25, -0.2) is 4.98 Å². The molecule has 3 rings (SSSR count). The van der Waals surface area contributed by atoms with Gasteiger partial charge in [0.2, 0.25) is 0 Å². The number of benzene rings is 1. The second kappa shape index (κ2) is 5.09. The summed E-state index contributed by atoms with van der Waals surface area (Å²) in [6.45, 7) is 2.42. The van der Waals surface area contributed by atoms with Gasteiger partial charge < -0.3 is 9.88 Å². The second-order valence-corrected chi connectivity index (χ2v) is 5.37. The summed E-state index contributed by atoms with van der Waals surface area (Å²) in [6.07, 6.45) is -1.01. The molecule has 1 aromatic heterocycles. The molecule has 6 heteroatoms. The molecule has 3 nitrogen and oxygen atoms in total. The van der Waals surface area contributed by atoms with Crippen molar-refractivity contribution in [1.82, 2.24) is 9.55 Å². The average Bonchev–Trinajstić information content (AvgIpc) is 3.05. The van der Waals surface area contributed by atoms with Crippen molar-refractivity contribution in [3.8, 4) is 11.3 Å². The van der Waals surface area contributed by atoms with Crippen LogP contribution in [-0.2, 0) is 6.42 Å². The zero-order valence-electron chi connectivity index (χ0n) is 11.6. The number of alkyl halides is 3. The highest BCUT2D eigenvalue weighted by Crippen LogP contribution is 2.36. The summed E-state index contributed by atoms with van der Waals surface area (Å²) in [6, 6.07) is 5.22. The first-order valence-corrected chi connectivity index (χ1v) is 6.90. The topological polar surface area (TPSA) is 29.9 Å². The van der Waals surface area contributed by atoms with E-state index in [1.54, 1.807) is 17.7 Å². The molecule has 0 saturated carbocycles. The van der Waals surface area contributed by atoms with E-state index in [1.165, 1.54) is 11.9 Å². The molecule has 0 bridgehead atoms. The summed E-state index contributed by atoms with van der Waals surface area (Å²) < 4.78 is 39.4. The van der Waals surface area contributed by atoms with E-state index in [1.807, 2.05) is 18.2 Å². The van der Waals surface area contributed by atoms with E-state index in [-0.39, 0.29) is 0 Å². The van der Waals surface area contributed by atoms with E-state index in [0.717, 1.165) is 29.9 Å². The second-order valence-electron chi connectivity index (χ2n) is 5.37. The summed E-state index contributed by atoms with van der Waals surface area (Å²) in [4.78, 5) is 4.04. The van der Waals surface area contributed by atoms with Gasteiger partial charge in [0.15, 0.2) is 0 Å². The first-order valence-electron chi connectivity index (χ1n) is 6.90. The summed E-state index contributed by atoms with van der Waals surface area (Å²) in [5.74, 6) is 0. The zero-order chi connectivity index (χ0) is 15.0. The van der Waals surface area contributed by atoms with Crippen molar-refractivity contribution in [2.45, 2.75) is 32.0 Å². The van der Waals surface area contributed by atoms with Crippen LogP contribution in [0.1, 0.15) is 24.9 Å². The maximum atomic E-state index is 12.6. The third-order valence-electron chi connectivity index (χ3n) is 3.79. The number of hydrogen-bond acceptors (Lipinski definition) is 2. The minimum atomic E-state index is -4.18. The van der Waals surface area contributed by atoms with Crippen molar-refractivity contribution >= 4 is 5.69 Å². The molecule has 112 valence electrons. The molecule has 1 aromatic carbocycles. The normalized spacial score (nSPS) is 15.6. The predicted molar refractivity (Wildman–Crippen MR) is 75.2 cm³/mol. The summed E-state index contributed by atoms with van der Waals surface area (Å²) in [7, 11) is 0. The van der Waals surface area contributed by atoms with Crippen LogP contribution >= 0.6 is 0 Å². The summed E-state index contributed by atoms with van der Waals surface area (Å²) >= 11 is 0. The molecule has 0 amide bonds. The number of rotatable bonds is 3. The molecule has 1 aliphatic rings. The van der Waals surface area contributed by atoms with Gasteiger partial charge in [-0.05, 0) is 18.9 Å². The molecule has 2 heterocycles. The van der Waals surface area contributed by atoms with Crippen LogP contribution in [-0.4, -0.2) is 22.3 Å². The van der Waals surface area contributed by atoms with Crippen LogP contribution in [0.15, 0.2) is 30.7 Å². The molecule has 0 saturated heterocycles. The van der Waals surface area contributed by atoms with Crippen molar-refractivity contribution in [1.29, 1.82) is 0 Å². The van der Waals surface area contributed by atoms with E-state index >= 15 is 0 Å². The van der Waals surface area contributed by atoms with Crippen LogP contribution < -0.4 is 5.32 Å². The Bertz CT molecular complexity index is 646. The van der Waals surface area contributed by atoms with Crippen LogP contribution in [0.2, 0.25) is 0 Å². The van der Waals surface area contributed by atoms with Gasteiger partial charge in [0.25, 0.3) is 0 Å². The number of nitrogens with zero attached hydrogens (tertiary/aromatic N) is 2. The Kier molecular flexibility index (Phi) is 3.39. The van der Waals surface area contributed by atoms with Gasteiger partial charge in [-0.2, -0.15) is 13.2 Å². The van der Waals surface area contributed by atoms with Gasteiger partial charge >= 0.3 is 6.18 Å². The SMILES string of the molecule is CC(CC(F)(F)F)n1cncc1-c1cccc2c1NCC2. The number of nitrogens with one attached hydrogen (secondary N) is 1. The lowest BCUT2D eigenvalue weighted by atomic mass is 10.0. The summed E-state index contributed by atoms with van der Waals surface area (Å²) in [5.41, 5.74) is 3.84. The van der Waals surface area contributed by atoms with Crippen LogP contribution in [0.3, 0.4) is 0 Å². The van der Waals surface area contributed by atoms with Gasteiger partial charge in [0.1, 0.15) is 0 Å². The number of imidazole rings is 1. The Labute approximate surface area is 120 Å². The molecular weight excluding hydrogens is 279 g/mol. The predicted octanol–water partition coefficient (Wildman–Crippen LogP) is 4.03. The Morgan fingerprint density at radius 1 is 1.38 bits per heavy atom. The van der Waals surface area contributed by atoms with Gasteiger partial charge in [0.05, 0.1) is 24.6 Å². The lowest BCUT2D eigenvalue weighted by Crippen LogP contribution is -2.16. The van der Waals surface area contributed by atoms with E-state index in [9.17, 15) is 13.2 Å². The lowest BCUT2D eigenvalue weighted by Gasteiger charge is -2.19. The first kappa shape index (κ1) is 14.0. The van der Waals surface area contributed by atoms with Gasteiger partial charge in [0, 0.05) is 23.8 Å². The van der Waals surface area contributed by atoms with Crippen molar-refractivity contribution < 1.29 is 13.2 Å². The van der Waals surface area contributed by atoms with E-state index in [4.69, 9.17) is 0 Å². The summed E-state index contributed by atoms with van der Waals surface area (Å²) in [5, 5.41) is 3.31. The monoisotopic (exact) mass is 295 g/mol. The van der Waals surface area contributed by atoms with E-state index < -0.39 is 18.6 Å². The van der Waals surface area contributed by atoms with Crippen molar-refractivity contribution in [3.05, 3.63) is 36.3 Å². The molecule has 1 N–H and O–H groups in total. The van der Waals surface area contributed by atoms with Crippen LogP contribution in [0.25, 0.3) is 11.3 Å². The third-order valence-corrected chi connectivity index (χ3v) is 3.79. The molecule has 0 spiro atoms. The molecular formula is C15H16F3N3. The molecule has 1 aliphatic heterocycles. The van der Waals surface area contributed by atoms with E-state index in [2.05, 4.69) is 10.3 Å². The average molecular weight is 295 g/mol. The lowest BCUT2D eigenvalue weighted by molar-refractivity contribution is -0.141. The number of aromatic nitrogens is 2. The molecule has 0 fully saturated rings. The fourth-order valence-corrected chi connectivity index (χ4v) is 2.85. The Hall–Kier alpha value is -1.98. The maximum absolute atomic E-state index is 12.6. The fraction of sp³-hybridized carbons (Fsp3) is 0.400. The molecule has 0 aliphatic carbocycles. The van der Waals surface area contributed by atoms with Gasteiger partial charge in [-0.15, -0.1) is 0 Å². The number of hydrogen-bond donors (Lipinski definition) is 1. The standard InChI is InChI=1S/C15H16F3N3/c1-10(7-15(16,17)18)21-9-19-8-13(21)12-4-2-3-11-5-6-20-14(11)12/h2-4,8-10,20H,5-7H2,1H3. The van der Waals surface area contributed by atoms with Crippen molar-refractivity contribution in [2.75, 3.05) is 11.9 Å².